The molecular weight excluding hydrogens is 425 g/mol. The number of hydrogen-bond donors (Lipinski definition) is 2. The van der Waals surface area contributed by atoms with Crippen LogP contribution < -0.4 is 15.2 Å². The normalized spacial score (nSPS) is 12.0. The number of hydrogen-bond acceptors (Lipinski definition) is 6. The Balaban J connectivity index is 2.04. The molecule has 9 nitrogen and oxygen atoms in total. The molecule has 3 N–H and O–H groups in total. The Bertz CT molecular complexity index is 1100. The van der Waals surface area contributed by atoms with Gasteiger partial charge >= 0.3 is 0 Å². The smallest absolute Gasteiger partial charge is 0.247 e. The lowest BCUT2D eigenvalue weighted by atomic mass is 10.2. The van der Waals surface area contributed by atoms with Gasteiger partial charge in [0.15, 0.2) is 0 Å². The highest BCUT2D eigenvalue weighted by molar-refractivity contribution is 7.89. The summed E-state index contributed by atoms with van der Waals surface area (Å²) in [6.07, 6.45) is 0. The van der Waals surface area contributed by atoms with Crippen LogP contribution in [0.3, 0.4) is 0 Å². The van der Waals surface area contributed by atoms with E-state index in [-0.39, 0.29) is 17.2 Å². The molecule has 0 atom stereocenters. The van der Waals surface area contributed by atoms with Gasteiger partial charge in [0.1, 0.15) is 16.5 Å². The Morgan fingerprint density at radius 2 is 1.76 bits per heavy atom. The summed E-state index contributed by atoms with van der Waals surface area (Å²) in [5, 5.41) is 7.53. The van der Waals surface area contributed by atoms with Crippen molar-refractivity contribution in [3.8, 4) is 5.75 Å². The van der Waals surface area contributed by atoms with Crippen LogP contribution in [0.2, 0.25) is 0 Å². The van der Waals surface area contributed by atoms with Crippen LogP contribution in [0, 0.1) is 5.82 Å². The molecule has 0 fully saturated rings. The van der Waals surface area contributed by atoms with Crippen LogP contribution in [0.1, 0.15) is 5.56 Å². The van der Waals surface area contributed by atoms with E-state index in [2.05, 4.69) is 5.32 Å². The zero-order chi connectivity index (χ0) is 21.8. The van der Waals surface area contributed by atoms with E-state index in [4.69, 9.17) is 9.88 Å². The van der Waals surface area contributed by atoms with Gasteiger partial charge < -0.3 is 10.1 Å². The molecular formula is C17H20FN3O6S2. The van der Waals surface area contributed by atoms with Gasteiger partial charge in [0.2, 0.25) is 26.0 Å². The number of amides is 1. The van der Waals surface area contributed by atoms with Crippen LogP contribution >= 0.6 is 0 Å². The summed E-state index contributed by atoms with van der Waals surface area (Å²) < 4.78 is 66.9. The summed E-state index contributed by atoms with van der Waals surface area (Å²) in [6.45, 7) is -0.474. The number of likely N-dealkylation sites (N-methyl/N-ethyl adjacent to an activating group) is 1. The number of nitrogens with one attached hydrogen (secondary N) is 1. The number of carbonyl (C=O) groups excluding carboxylic acids is 1. The Kier molecular flexibility index (Phi) is 6.95. The number of methoxy groups -OCH3 is 1. The number of rotatable bonds is 8. The fraction of sp³-hybridized carbons (Fsp3) is 0.235. The molecule has 0 saturated heterocycles. The van der Waals surface area contributed by atoms with Crippen molar-refractivity contribution in [2.75, 3.05) is 20.7 Å². The number of nitrogens with zero attached hydrogens (tertiary/aromatic N) is 1. The average molecular weight is 445 g/mol. The predicted molar refractivity (Wildman–Crippen MR) is 102 cm³/mol. The van der Waals surface area contributed by atoms with Crippen molar-refractivity contribution < 1.29 is 30.8 Å². The third kappa shape index (κ3) is 5.73. The van der Waals surface area contributed by atoms with Gasteiger partial charge in [0, 0.05) is 13.6 Å². The molecule has 0 heterocycles. The van der Waals surface area contributed by atoms with E-state index in [1.54, 1.807) is 0 Å². The van der Waals surface area contributed by atoms with Crippen molar-refractivity contribution in [2.45, 2.75) is 16.3 Å². The van der Waals surface area contributed by atoms with Crippen molar-refractivity contribution in [2.24, 2.45) is 5.14 Å². The number of halogens is 1. The number of nitrogens with two attached hydrogens (primary N) is 1. The fourth-order valence-electron chi connectivity index (χ4n) is 2.36. The van der Waals surface area contributed by atoms with Crippen LogP contribution in [0.25, 0.3) is 0 Å². The van der Waals surface area contributed by atoms with Gasteiger partial charge in [-0.15, -0.1) is 0 Å². The number of carbonyl (C=O) groups is 1. The second kappa shape index (κ2) is 8.86. The van der Waals surface area contributed by atoms with Crippen LogP contribution in [0.5, 0.6) is 5.75 Å². The summed E-state index contributed by atoms with van der Waals surface area (Å²) >= 11 is 0. The van der Waals surface area contributed by atoms with Crippen LogP contribution in [0.4, 0.5) is 4.39 Å². The summed E-state index contributed by atoms with van der Waals surface area (Å²) in [5.41, 5.74) is 0.586. The maximum atomic E-state index is 13.5. The molecule has 2 rings (SSSR count). The minimum Gasteiger partial charge on any atom is -0.495 e. The van der Waals surface area contributed by atoms with Crippen molar-refractivity contribution >= 4 is 26.0 Å². The second-order valence-electron chi connectivity index (χ2n) is 6.02. The van der Waals surface area contributed by atoms with E-state index in [9.17, 15) is 26.0 Å². The molecule has 1 amide bonds. The van der Waals surface area contributed by atoms with E-state index in [0.29, 0.717) is 5.56 Å². The molecule has 2 aromatic rings. The first-order valence-corrected chi connectivity index (χ1v) is 11.1. The minimum atomic E-state index is -4.18. The van der Waals surface area contributed by atoms with E-state index in [1.807, 2.05) is 0 Å². The molecule has 0 aromatic heterocycles. The number of sulfonamides is 2. The van der Waals surface area contributed by atoms with Crippen molar-refractivity contribution in [3.63, 3.8) is 0 Å². The highest BCUT2D eigenvalue weighted by atomic mass is 32.2. The number of benzene rings is 2. The maximum Gasteiger partial charge on any atom is 0.247 e. The van der Waals surface area contributed by atoms with E-state index in [0.717, 1.165) is 16.4 Å². The van der Waals surface area contributed by atoms with Gasteiger partial charge in [0.05, 0.1) is 18.6 Å². The first kappa shape index (κ1) is 22.7. The van der Waals surface area contributed by atoms with Crippen molar-refractivity contribution in [1.29, 1.82) is 0 Å². The first-order chi connectivity index (χ1) is 13.4. The zero-order valence-electron chi connectivity index (χ0n) is 15.6. The Morgan fingerprint density at radius 1 is 1.14 bits per heavy atom. The lowest BCUT2D eigenvalue weighted by Crippen LogP contribution is -2.38. The summed E-state index contributed by atoms with van der Waals surface area (Å²) in [7, 11) is -5.56. The molecule has 0 aliphatic carbocycles. The molecule has 0 radical (unpaired) electrons. The fourth-order valence-corrected chi connectivity index (χ4v) is 4.17. The van der Waals surface area contributed by atoms with Gasteiger partial charge in [-0.05, 0) is 35.9 Å². The minimum absolute atomic E-state index is 0.0426. The molecule has 0 aliphatic rings. The summed E-state index contributed by atoms with van der Waals surface area (Å²) in [4.78, 5) is 11.7. The second-order valence-corrected chi connectivity index (χ2v) is 9.60. The standard InChI is InChI=1S/C17H20FN3O6S2/c1-21(29(25,26)16-9-13(18)5-8-15(16)27-2)11-17(22)20-10-12-3-6-14(7-4-12)28(19,23)24/h3-9H,10-11H2,1-2H3,(H,20,22)(H2,19,23,24). The van der Waals surface area contributed by atoms with Gasteiger partial charge in [-0.1, -0.05) is 12.1 Å². The van der Waals surface area contributed by atoms with E-state index in [1.165, 1.54) is 44.5 Å². The molecule has 29 heavy (non-hydrogen) atoms. The highest BCUT2D eigenvalue weighted by Crippen LogP contribution is 2.26. The van der Waals surface area contributed by atoms with Crippen LogP contribution in [-0.4, -0.2) is 47.8 Å². The SMILES string of the molecule is COc1ccc(F)cc1S(=O)(=O)N(C)CC(=O)NCc1ccc(S(N)(=O)=O)cc1. The topological polar surface area (TPSA) is 136 Å². The Morgan fingerprint density at radius 3 is 2.31 bits per heavy atom. The van der Waals surface area contributed by atoms with Gasteiger partial charge in [0.25, 0.3) is 0 Å². The van der Waals surface area contributed by atoms with Crippen LogP contribution in [-0.2, 0) is 31.4 Å². The largest absolute Gasteiger partial charge is 0.495 e. The third-order valence-electron chi connectivity index (χ3n) is 3.92. The molecule has 158 valence electrons. The van der Waals surface area contributed by atoms with E-state index >= 15 is 0 Å². The summed E-state index contributed by atoms with van der Waals surface area (Å²) in [6, 6.07) is 8.59. The van der Waals surface area contributed by atoms with Crippen LogP contribution in [0.15, 0.2) is 52.3 Å². The van der Waals surface area contributed by atoms with Gasteiger partial charge in [-0.2, -0.15) is 4.31 Å². The van der Waals surface area contributed by atoms with Gasteiger partial charge in [-0.3, -0.25) is 4.79 Å². The third-order valence-corrected chi connectivity index (χ3v) is 6.68. The van der Waals surface area contributed by atoms with Crippen molar-refractivity contribution in [3.05, 3.63) is 53.8 Å². The van der Waals surface area contributed by atoms with E-state index < -0.39 is 43.2 Å². The summed E-state index contributed by atoms with van der Waals surface area (Å²) in [5.74, 6) is -1.42. The lowest BCUT2D eigenvalue weighted by molar-refractivity contribution is -0.121. The zero-order valence-corrected chi connectivity index (χ0v) is 17.3. The quantitative estimate of drug-likeness (QED) is 0.604. The predicted octanol–water partition coefficient (Wildman–Crippen LogP) is 0.419. The average Bonchev–Trinajstić information content (AvgIpc) is 2.65. The Hall–Kier alpha value is -2.54. The first-order valence-electron chi connectivity index (χ1n) is 8.13. The highest BCUT2D eigenvalue weighted by Gasteiger charge is 2.27. The molecule has 0 spiro atoms. The van der Waals surface area contributed by atoms with Gasteiger partial charge in [-0.25, -0.2) is 26.4 Å². The number of primary sulfonamides is 1. The molecule has 0 saturated carbocycles. The molecule has 2 aromatic carbocycles. The lowest BCUT2D eigenvalue weighted by Gasteiger charge is -2.18. The molecule has 0 unspecified atom stereocenters. The molecule has 12 heteroatoms. The van der Waals surface area contributed by atoms with Crippen molar-refractivity contribution in [1.82, 2.24) is 9.62 Å². The molecule has 0 bridgehead atoms. The molecule has 0 aliphatic heterocycles. The monoisotopic (exact) mass is 445 g/mol. The number of ether oxygens (including phenoxy) is 1. The maximum absolute atomic E-state index is 13.5. The Labute approximate surface area is 168 Å².